The van der Waals surface area contributed by atoms with Gasteiger partial charge in [-0.15, -0.1) is 0 Å². The van der Waals surface area contributed by atoms with Gasteiger partial charge in [0, 0.05) is 6.54 Å². The van der Waals surface area contributed by atoms with Gasteiger partial charge in [0.05, 0.1) is 17.0 Å². The molecule has 0 bridgehead atoms. The molecule has 0 radical (unpaired) electrons. The Kier molecular flexibility index (Phi) is 4.59. The Morgan fingerprint density at radius 1 is 1.32 bits per heavy atom. The lowest BCUT2D eigenvalue weighted by atomic mass is 10.0. The molecule has 0 saturated heterocycles. The van der Waals surface area contributed by atoms with Crippen molar-refractivity contribution in [1.82, 2.24) is 4.72 Å². The van der Waals surface area contributed by atoms with Crippen molar-refractivity contribution in [3.05, 3.63) is 23.3 Å². The predicted molar refractivity (Wildman–Crippen MR) is 92.0 cm³/mol. The Balaban J connectivity index is 1.95. The first-order chi connectivity index (χ1) is 11.7. The Morgan fingerprint density at radius 2 is 2.00 bits per heavy atom. The van der Waals surface area contributed by atoms with Crippen molar-refractivity contribution < 1.29 is 23.1 Å². The highest BCUT2D eigenvalue weighted by atomic mass is 32.2. The van der Waals surface area contributed by atoms with Gasteiger partial charge >= 0.3 is 5.97 Å². The smallest absolute Gasteiger partial charge is 0.321 e. The van der Waals surface area contributed by atoms with Crippen LogP contribution in [0.25, 0.3) is 0 Å². The Morgan fingerprint density at radius 3 is 2.64 bits per heavy atom. The van der Waals surface area contributed by atoms with Crippen LogP contribution in [0, 0.1) is 5.92 Å². The molecule has 0 unspecified atom stereocenters. The van der Waals surface area contributed by atoms with E-state index < -0.39 is 22.0 Å². The van der Waals surface area contributed by atoms with Gasteiger partial charge in [-0.1, -0.05) is 13.8 Å². The van der Waals surface area contributed by atoms with Crippen LogP contribution < -0.4 is 9.62 Å². The van der Waals surface area contributed by atoms with Crippen molar-refractivity contribution in [2.24, 2.45) is 5.92 Å². The van der Waals surface area contributed by atoms with Crippen LogP contribution in [0.4, 0.5) is 5.69 Å². The van der Waals surface area contributed by atoms with Crippen molar-refractivity contribution in [2.75, 3.05) is 11.4 Å². The molecule has 25 heavy (non-hydrogen) atoms. The summed E-state index contributed by atoms with van der Waals surface area (Å²) in [6.07, 6.45) is 1.91. The number of carbonyl (C=O) groups excluding carboxylic acids is 1. The fourth-order valence-corrected chi connectivity index (χ4v) is 4.83. The van der Waals surface area contributed by atoms with Crippen LogP contribution in [-0.2, 0) is 32.5 Å². The average molecular weight is 366 g/mol. The number of carbonyl (C=O) groups is 2. The Labute approximate surface area is 147 Å². The molecule has 8 heteroatoms. The van der Waals surface area contributed by atoms with E-state index in [9.17, 15) is 23.1 Å². The predicted octanol–water partition coefficient (Wildman–Crippen LogP) is 1.30. The molecule has 0 saturated carbocycles. The number of nitrogens with one attached hydrogen (secondary N) is 1. The van der Waals surface area contributed by atoms with Gasteiger partial charge in [0.1, 0.15) is 6.04 Å². The molecule has 0 aliphatic carbocycles. The summed E-state index contributed by atoms with van der Waals surface area (Å²) in [4.78, 5) is 25.2. The van der Waals surface area contributed by atoms with Gasteiger partial charge in [0.25, 0.3) is 0 Å². The van der Waals surface area contributed by atoms with Crippen LogP contribution in [0.1, 0.15) is 37.8 Å². The maximum Gasteiger partial charge on any atom is 0.321 e. The second-order valence-corrected chi connectivity index (χ2v) is 8.77. The summed E-state index contributed by atoms with van der Waals surface area (Å²) in [6, 6.07) is 1.89. The number of hydrogen-bond acceptors (Lipinski definition) is 4. The number of anilines is 1. The summed E-state index contributed by atoms with van der Waals surface area (Å²) < 4.78 is 27.7. The Hall–Kier alpha value is -1.93. The van der Waals surface area contributed by atoms with Crippen LogP contribution >= 0.6 is 0 Å². The molecule has 0 aromatic heterocycles. The van der Waals surface area contributed by atoms with Gasteiger partial charge in [0.15, 0.2) is 0 Å². The first-order valence-corrected chi connectivity index (χ1v) is 9.88. The van der Waals surface area contributed by atoms with Crippen molar-refractivity contribution in [1.29, 1.82) is 0 Å². The summed E-state index contributed by atoms with van der Waals surface area (Å²) in [5, 5.41) is 9.29. The number of rotatable bonds is 6. The molecular weight excluding hydrogens is 344 g/mol. The van der Waals surface area contributed by atoms with E-state index in [0.29, 0.717) is 18.5 Å². The first-order valence-electron chi connectivity index (χ1n) is 8.40. The van der Waals surface area contributed by atoms with Crippen LogP contribution in [0.3, 0.4) is 0 Å². The van der Waals surface area contributed by atoms with Gasteiger partial charge in [-0.3, -0.25) is 9.59 Å². The number of aryl methyl sites for hydroxylation is 1. The minimum Gasteiger partial charge on any atom is -0.480 e. The second kappa shape index (κ2) is 6.42. The molecule has 1 aromatic rings. The normalized spacial score (nSPS) is 17.7. The third-order valence-corrected chi connectivity index (χ3v) is 6.05. The lowest BCUT2D eigenvalue weighted by Gasteiger charge is -2.26. The zero-order chi connectivity index (χ0) is 18.4. The van der Waals surface area contributed by atoms with E-state index in [4.69, 9.17) is 0 Å². The topological polar surface area (TPSA) is 104 Å². The number of aliphatic carboxylic acids is 1. The number of amides is 1. The third kappa shape index (κ3) is 3.41. The zero-order valence-corrected chi connectivity index (χ0v) is 15.1. The van der Waals surface area contributed by atoms with E-state index in [2.05, 4.69) is 4.72 Å². The molecule has 136 valence electrons. The highest BCUT2D eigenvalue weighted by molar-refractivity contribution is 7.89. The largest absolute Gasteiger partial charge is 0.480 e. The van der Waals surface area contributed by atoms with Gasteiger partial charge in [-0.05, 0) is 48.4 Å². The highest BCUT2D eigenvalue weighted by Gasteiger charge is 2.34. The maximum absolute atomic E-state index is 12.7. The second-order valence-electron chi connectivity index (χ2n) is 7.06. The maximum atomic E-state index is 12.7. The minimum absolute atomic E-state index is 0.0123. The molecule has 7 nitrogen and oxygen atoms in total. The van der Waals surface area contributed by atoms with E-state index in [1.54, 1.807) is 11.0 Å². The number of benzene rings is 1. The lowest BCUT2D eigenvalue weighted by molar-refractivity contribution is -0.139. The fourth-order valence-electron chi connectivity index (χ4n) is 3.53. The Bertz CT molecular complexity index is 832. The molecule has 2 N–H and O–H groups in total. The molecule has 2 aliphatic rings. The van der Waals surface area contributed by atoms with Crippen LogP contribution in [-0.4, -0.2) is 38.0 Å². The summed E-state index contributed by atoms with van der Waals surface area (Å²) in [5.74, 6) is -1.17. The third-order valence-electron chi connectivity index (χ3n) is 4.59. The average Bonchev–Trinajstić information content (AvgIpc) is 2.84. The van der Waals surface area contributed by atoms with E-state index in [1.165, 1.54) is 6.07 Å². The van der Waals surface area contributed by atoms with E-state index in [-0.39, 0.29) is 29.6 Å². The molecule has 2 heterocycles. The van der Waals surface area contributed by atoms with Gasteiger partial charge in [-0.25, -0.2) is 8.42 Å². The number of carboxylic acids is 1. The molecule has 1 atom stereocenters. The zero-order valence-electron chi connectivity index (χ0n) is 14.3. The van der Waals surface area contributed by atoms with Gasteiger partial charge < -0.3 is 10.0 Å². The standard InChI is InChI=1S/C17H22N2O5S/c1-10(2)6-14(17(21)22)18-25(23,24)13-7-11-4-3-5-19-15(20)9-12(8-13)16(11)19/h7-8,10,14,18H,3-6,9H2,1-2H3,(H,21,22)/t14-/m0/s1. The molecule has 0 fully saturated rings. The monoisotopic (exact) mass is 366 g/mol. The highest BCUT2D eigenvalue weighted by Crippen LogP contribution is 2.38. The van der Waals surface area contributed by atoms with E-state index in [1.807, 2.05) is 13.8 Å². The van der Waals surface area contributed by atoms with Crippen LogP contribution in [0.15, 0.2) is 17.0 Å². The van der Waals surface area contributed by atoms with Crippen LogP contribution in [0.2, 0.25) is 0 Å². The number of nitrogens with zero attached hydrogens (tertiary/aromatic N) is 1. The summed E-state index contributed by atoms with van der Waals surface area (Å²) >= 11 is 0. The van der Waals surface area contributed by atoms with E-state index >= 15 is 0 Å². The molecule has 3 rings (SSSR count). The quantitative estimate of drug-likeness (QED) is 0.790. The molecule has 1 amide bonds. The van der Waals surface area contributed by atoms with Crippen LogP contribution in [0.5, 0.6) is 0 Å². The summed E-state index contributed by atoms with van der Waals surface area (Å²) in [7, 11) is -3.98. The SMILES string of the molecule is CC(C)C[C@H](NS(=O)(=O)c1cc2c3c(c1)CC(=O)N3CCC2)C(=O)O. The van der Waals surface area contributed by atoms with Gasteiger partial charge in [-0.2, -0.15) is 4.72 Å². The summed E-state index contributed by atoms with van der Waals surface area (Å²) in [6.45, 7) is 4.34. The van der Waals surface area contributed by atoms with E-state index in [0.717, 1.165) is 17.7 Å². The van der Waals surface area contributed by atoms with Crippen molar-refractivity contribution in [3.8, 4) is 0 Å². The number of carboxylic acid groups (broad SMARTS) is 1. The summed E-state index contributed by atoms with van der Waals surface area (Å²) in [5.41, 5.74) is 2.39. The van der Waals surface area contributed by atoms with Crippen molar-refractivity contribution >= 4 is 27.6 Å². The number of hydrogen-bond donors (Lipinski definition) is 2. The lowest BCUT2D eigenvalue weighted by Crippen LogP contribution is -2.41. The fraction of sp³-hybridized carbons (Fsp3) is 0.529. The molecule has 0 spiro atoms. The molecule has 1 aromatic carbocycles. The van der Waals surface area contributed by atoms with Crippen molar-refractivity contribution in [3.63, 3.8) is 0 Å². The van der Waals surface area contributed by atoms with Gasteiger partial charge in [0.2, 0.25) is 15.9 Å². The first kappa shape index (κ1) is 17.9. The number of sulfonamides is 1. The van der Waals surface area contributed by atoms with Crippen molar-refractivity contribution in [2.45, 2.75) is 50.5 Å². The molecular formula is C17H22N2O5S. The minimum atomic E-state index is -3.98. The molecule has 2 aliphatic heterocycles.